The number of nitrogens with one attached hydrogen (secondary N) is 2. The molecule has 3 aromatic rings. The Bertz CT molecular complexity index is 830. The van der Waals surface area contributed by atoms with Gasteiger partial charge in [-0.1, -0.05) is 0 Å². The summed E-state index contributed by atoms with van der Waals surface area (Å²) in [6, 6.07) is 9.24. The molecule has 25 heavy (non-hydrogen) atoms. The molecule has 1 amide bonds. The van der Waals surface area contributed by atoms with Crippen LogP contribution in [-0.4, -0.2) is 45.0 Å². The summed E-state index contributed by atoms with van der Waals surface area (Å²) in [4.78, 5) is 17.7. The number of hydrogen-bond acceptors (Lipinski definition) is 7. The van der Waals surface area contributed by atoms with Gasteiger partial charge in [0, 0.05) is 31.5 Å². The molecule has 0 atom stereocenters. The first-order valence-corrected chi connectivity index (χ1v) is 7.59. The van der Waals surface area contributed by atoms with Crippen LogP contribution < -0.4 is 15.5 Å². The lowest BCUT2D eigenvalue weighted by atomic mass is 10.2. The van der Waals surface area contributed by atoms with Gasteiger partial charge in [-0.2, -0.15) is 10.2 Å². The van der Waals surface area contributed by atoms with Crippen molar-refractivity contribution in [3.63, 3.8) is 0 Å². The minimum atomic E-state index is -0.171. The molecule has 0 aliphatic heterocycles. The third kappa shape index (κ3) is 4.50. The van der Waals surface area contributed by atoms with Crippen LogP contribution >= 0.6 is 0 Å². The normalized spacial score (nSPS) is 10.3. The lowest BCUT2D eigenvalue weighted by molar-refractivity contribution is -0.116. The van der Waals surface area contributed by atoms with Crippen molar-refractivity contribution in [1.29, 1.82) is 0 Å². The summed E-state index contributed by atoms with van der Waals surface area (Å²) >= 11 is 0. The van der Waals surface area contributed by atoms with Gasteiger partial charge < -0.3 is 15.5 Å². The van der Waals surface area contributed by atoms with Gasteiger partial charge in [-0.3, -0.25) is 4.79 Å². The quantitative estimate of drug-likeness (QED) is 0.702. The maximum Gasteiger partial charge on any atom is 0.246 e. The van der Waals surface area contributed by atoms with E-state index in [9.17, 15) is 4.79 Å². The molecule has 1 aromatic carbocycles. The first-order valence-electron chi connectivity index (χ1n) is 7.59. The van der Waals surface area contributed by atoms with Gasteiger partial charge in [0.2, 0.25) is 5.91 Å². The van der Waals surface area contributed by atoms with Crippen LogP contribution in [0, 0.1) is 0 Å². The Labute approximate surface area is 144 Å². The fourth-order valence-corrected chi connectivity index (χ4v) is 2.11. The monoisotopic (exact) mass is 338 g/mol. The number of carbonyl (C=O) groups excluding carboxylic acids is 1. The van der Waals surface area contributed by atoms with Crippen molar-refractivity contribution < 1.29 is 4.79 Å². The summed E-state index contributed by atoms with van der Waals surface area (Å²) in [5.41, 5.74) is 2.50. The summed E-state index contributed by atoms with van der Waals surface area (Å²) < 4.78 is 1.46. The molecule has 2 N–H and O–H groups in total. The highest BCUT2D eigenvalue weighted by Crippen LogP contribution is 2.19. The zero-order valence-electron chi connectivity index (χ0n) is 13.9. The van der Waals surface area contributed by atoms with Gasteiger partial charge >= 0.3 is 0 Å². The van der Waals surface area contributed by atoms with Gasteiger partial charge in [0.1, 0.15) is 19.2 Å². The van der Waals surface area contributed by atoms with Crippen molar-refractivity contribution in [2.45, 2.75) is 6.54 Å². The largest absolute Gasteiger partial charge is 0.376 e. The highest BCUT2D eigenvalue weighted by atomic mass is 16.2. The van der Waals surface area contributed by atoms with Crippen molar-refractivity contribution in [3.8, 4) is 0 Å². The first-order chi connectivity index (χ1) is 12.1. The number of benzene rings is 1. The Hall–Kier alpha value is -3.49. The van der Waals surface area contributed by atoms with Gasteiger partial charge in [0.05, 0.1) is 11.9 Å². The number of hydrogen-bond donors (Lipinski definition) is 2. The average Bonchev–Trinajstić information content (AvgIpc) is 3.10. The maximum atomic E-state index is 11.9. The number of anilines is 4. The fraction of sp³-hybridized carbons (Fsp3) is 0.188. The topological polar surface area (TPSA) is 101 Å². The number of aromatic nitrogens is 5. The van der Waals surface area contributed by atoms with Crippen LogP contribution in [0.5, 0.6) is 0 Å². The Balaban J connectivity index is 1.60. The third-order valence-electron chi connectivity index (χ3n) is 3.37. The Morgan fingerprint density at radius 2 is 1.96 bits per heavy atom. The molecule has 2 heterocycles. The molecular formula is C16H18N8O. The zero-order valence-corrected chi connectivity index (χ0v) is 13.9. The number of nitrogens with zero attached hydrogens (tertiary/aromatic N) is 6. The lowest BCUT2D eigenvalue weighted by Crippen LogP contribution is -2.18. The van der Waals surface area contributed by atoms with E-state index in [1.165, 1.54) is 17.3 Å². The van der Waals surface area contributed by atoms with Gasteiger partial charge in [-0.05, 0) is 24.3 Å². The van der Waals surface area contributed by atoms with E-state index in [0.29, 0.717) is 11.5 Å². The van der Waals surface area contributed by atoms with Gasteiger partial charge in [-0.15, -0.1) is 5.10 Å². The number of rotatable bonds is 6. The molecule has 0 fully saturated rings. The second-order valence-corrected chi connectivity index (χ2v) is 5.54. The zero-order chi connectivity index (χ0) is 17.6. The molecule has 0 unspecified atom stereocenters. The van der Waals surface area contributed by atoms with E-state index in [4.69, 9.17) is 0 Å². The van der Waals surface area contributed by atoms with Crippen LogP contribution in [0.3, 0.4) is 0 Å². The smallest absolute Gasteiger partial charge is 0.246 e. The fourth-order valence-electron chi connectivity index (χ4n) is 2.11. The Morgan fingerprint density at radius 1 is 1.20 bits per heavy atom. The summed E-state index contributed by atoms with van der Waals surface area (Å²) in [5.74, 6) is 0.477. The minimum absolute atomic E-state index is 0.118. The van der Waals surface area contributed by atoms with Crippen LogP contribution in [0.4, 0.5) is 22.9 Å². The highest BCUT2D eigenvalue weighted by Gasteiger charge is 2.05. The molecule has 0 spiro atoms. The van der Waals surface area contributed by atoms with E-state index in [1.807, 2.05) is 49.3 Å². The molecule has 0 bridgehead atoms. The van der Waals surface area contributed by atoms with Crippen LogP contribution in [0.1, 0.15) is 0 Å². The standard InChI is InChI=1S/C16H18N8O/c1-23(2)14-7-15(22-18-8-14)20-12-3-5-13(6-4-12)21-16(25)9-24-11-17-10-19-24/h3-8,10-11H,9H2,1-2H3,(H,20,22)(H,21,25). The second kappa shape index (κ2) is 7.39. The van der Waals surface area contributed by atoms with Crippen molar-refractivity contribution >= 4 is 28.8 Å². The molecule has 128 valence electrons. The van der Waals surface area contributed by atoms with Crippen LogP contribution in [-0.2, 0) is 11.3 Å². The van der Waals surface area contributed by atoms with Gasteiger partial charge in [0.15, 0.2) is 5.82 Å². The number of amides is 1. The van der Waals surface area contributed by atoms with Crippen molar-refractivity contribution in [2.75, 3.05) is 29.6 Å². The highest BCUT2D eigenvalue weighted by molar-refractivity contribution is 5.90. The van der Waals surface area contributed by atoms with Crippen molar-refractivity contribution in [2.24, 2.45) is 0 Å². The molecule has 0 aliphatic carbocycles. The van der Waals surface area contributed by atoms with Gasteiger partial charge in [-0.25, -0.2) is 9.67 Å². The lowest BCUT2D eigenvalue weighted by Gasteiger charge is -2.13. The predicted octanol–water partition coefficient (Wildman–Crippen LogP) is 1.52. The van der Waals surface area contributed by atoms with Crippen LogP contribution in [0.15, 0.2) is 49.2 Å². The van der Waals surface area contributed by atoms with Gasteiger partial charge in [0.25, 0.3) is 0 Å². The number of carbonyl (C=O) groups is 1. The Morgan fingerprint density at radius 3 is 2.64 bits per heavy atom. The van der Waals surface area contributed by atoms with E-state index in [-0.39, 0.29) is 12.5 Å². The second-order valence-electron chi connectivity index (χ2n) is 5.54. The van der Waals surface area contributed by atoms with Crippen LogP contribution in [0.2, 0.25) is 0 Å². The first kappa shape index (κ1) is 16.4. The molecule has 0 aliphatic rings. The minimum Gasteiger partial charge on any atom is -0.376 e. The molecule has 2 aromatic heterocycles. The van der Waals surface area contributed by atoms with E-state index < -0.39 is 0 Å². The van der Waals surface area contributed by atoms with Crippen molar-refractivity contribution in [3.05, 3.63) is 49.2 Å². The van der Waals surface area contributed by atoms with Crippen LogP contribution in [0.25, 0.3) is 0 Å². The maximum absolute atomic E-state index is 11.9. The van der Waals surface area contributed by atoms with E-state index >= 15 is 0 Å². The molecule has 0 radical (unpaired) electrons. The summed E-state index contributed by atoms with van der Waals surface area (Å²) in [6.07, 6.45) is 4.58. The molecule has 0 saturated heterocycles. The molecule has 9 heteroatoms. The molecule has 3 rings (SSSR count). The predicted molar refractivity (Wildman–Crippen MR) is 94.7 cm³/mol. The summed E-state index contributed by atoms with van der Waals surface area (Å²) in [6.45, 7) is 0.118. The van der Waals surface area contributed by atoms with E-state index in [1.54, 1.807) is 6.20 Å². The van der Waals surface area contributed by atoms with Crippen molar-refractivity contribution in [1.82, 2.24) is 25.0 Å². The molecule has 0 saturated carbocycles. The molecule has 9 nitrogen and oxygen atoms in total. The third-order valence-corrected chi connectivity index (χ3v) is 3.37. The average molecular weight is 338 g/mol. The summed E-state index contributed by atoms with van der Waals surface area (Å²) in [5, 5.41) is 17.9. The Kier molecular flexibility index (Phi) is 4.84. The van der Waals surface area contributed by atoms with E-state index in [2.05, 4.69) is 30.9 Å². The SMILES string of the molecule is CN(C)c1cnnc(Nc2ccc(NC(=O)Cn3cncn3)cc2)c1. The summed E-state index contributed by atoms with van der Waals surface area (Å²) in [7, 11) is 3.88. The van der Waals surface area contributed by atoms with E-state index in [0.717, 1.165) is 11.4 Å². The molecular weight excluding hydrogens is 320 g/mol.